The van der Waals surface area contributed by atoms with E-state index in [4.69, 9.17) is 11.6 Å². The number of carbonyl (C=O) groups excluding carboxylic acids is 1. The number of hydrogen-bond acceptors (Lipinski definition) is 2. The molecule has 0 aromatic carbocycles. The second-order valence-corrected chi connectivity index (χ2v) is 5.07. The fourth-order valence-electron chi connectivity index (χ4n) is 2.24. The Hall–Kier alpha value is -1.03. The molecular formula is C12H18ClN3O. The number of halogens is 1. The van der Waals surface area contributed by atoms with Crippen LogP contribution < -0.4 is 5.32 Å². The lowest BCUT2D eigenvalue weighted by atomic mass is 9.95. The number of nitrogens with one attached hydrogen (secondary N) is 1. The first-order chi connectivity index (χ1) is 8.15. The van der Waals surface area contributed by atoms with Crippen LogP contribution in [-0.2, 0) is 11.3 Å². The monoisotopic (exact) mass is 255 g/mol. The Morgan fingerprint density at radius 3 is 2.82 bits per heavy atom. The minimum Gasteiger partial charge on any atom is -0.352 e. The summed E-state index contributed by atoms with van der Waals surface area (Å²) in [5, 5.41) is 7.83. The molecule has 0 radical (unpaired) electrons. The molecule has 0 unspecified atom stereocenters. The molecule has 1 aliphatic carbocycles. The Bertz CT molecular complexity index is 377. The van der Waals surface area contributed by atoms with Crippen LogP contribution in [-0.4, -0.2) is 21.7 Å². The quantitative estimate of drug-likeness (QED) is 0.901. The number of aromatic nitrogens is 2. The van der Waals surface area contributed by atoms with E-state index in [1.165, 1.54) is 19.3 Å². The van der Waals surface area contributed by atoms with Gasteiger partial charge in [0.15, 0.2) is 0 Å². The molecule has 1 aromatic heterocycles. The molecule has 1 aromatic rings. The third-order valence-electron chi connectivity index (χ3n) is 3.16. The molecule has 1 heterocycles. The van der Waals surface area contributed by atoms with Crippen molar-refractivity contribution in [3.8, 4) is 0 Å². The summed E-state index contributed by atoms with van der Waals surface area (Å²) in [5.74, 6) is 0.0241. The fourth-order valence-corrected chi connectivity index (χ4v) is 2.39. The highest BCUT2D eigenvalue weighted by molar-refractivity contribution is 6.31. The first-order valence-electron chi connectivity index (χ1n) is 6.14. The van der Waals surface area contributed by atoms with Gasteiger partial charge in [-0.2, -0.15) is 5.10 Å². The lowest BCUT2D eigenvalue weighted by molar-refractivity contribution is -0.122. The summed E-state index contributed by atoms with van der Waals surface area (Å²) in [7, 11) is 0. The summed E-state index contributed by atoms with van der Waals surface area (Å²) in [6, 6.07) is 0.350. The van der Waals surface area contributed by atoms with Crippen molar-refractivity contribution in [2.24, 2.45) is 0 Å². The molecule has 1 saturated carbocycles. The highest BCUT2D eigenvalue weighted by atomic mass is 35.5. The van der Waals surface area contributed by atoms with Gasteiger partial charge in [0.05, 0.1) is 10.7 Å². The molecule has 1 fully saturated rings. The van der Waals surface area contributed by atoms with Crippen molar-refractivity contribution in [1.29, 1.82) is 0 Å². The topological polar surface area (TPSA) is 46.9 Å². The van der Waals surface area contributed by atoms with Crippen molar-refractivity contribution in [3.63, 3.8) is 0 Å². The van der Waals surface area contributed by atoms with Gasteiger partial charge in [0, 0.05) is 12.2 Å². The summed E-state index contributed by atoms with van der Waals surface area (Å²) in [6.07, 6.45) is 7.63. The Kier molecular flexibility index (Phi) is 4.05. The number of hydrogen-bond donors (Lipinski definition) is 1. The first-order valence-corrected chi connectivity index (χ1v) is 6.52. The number of aryl methyl sites for hydroxylation is 1. The van der Waals surface area contributed by atoms with Gasteiger partial charge in [-0.1, -0.05) is 30.9 Å². The summed E-state index contributed by atoms with van der Waals surface area (Å²) in [5.41, 5.74) is 0.761. The van der Waals surface area contributed by atoms with E-state index in [0.29, 0.717) is 11.1 Å². The predicted molar refractivity (Wildman–Crippen MR) is 67.0 cm³/mol. The van der Waals surface area contributed by atoms with Gasteiger partial charge in [0.1, 0.15) is 6.54 Å². The van der Waals surface area contributed by atoms with Gasteiger partial charge in [-0.05, 0) is 19.8 Å². The molecule has 0 atom stereocenters. The van der Waals surface area contributed by atoms with E-state index in [-0.39, 0.29) is 12.5 Å². The minimum absolute atomic E-state index is 0.0241. The van der Waals surface area contributed by atoms with Crippen LogP contribution in [0.4, 0.5) is 0 Å². The van der Waals surface area contributed by atoms with Crippen LogP contribution in [0.1, 0.15) is 37.8 Å². The lowest BCUT2D eigenvalue weighted by Gasteiger charge is -2.22. The van der Waals surface area contributed by atoms with E-state index in [9.17, 15) is 4.79 Å². The number of carbonyl (C=O) groups is 1. The number of amides is 1. The van der Waals surface area contributed by atoms with E-state index >= 15 is 0 Å². The van der Waals surface area contributed by atoms with Crippen LogP contribution in [0.2, 0.25) is 5.02 Å². The largest absolute Gasteiger partial charge is 0.352 e. The molecule has 5 heteroatoms. The predicted octanol–water partition coefficient (Wildman–Crippen LogP) is 2.29. The second-order valence-electron chi connectivity index (χ2n) is 4.66. The van der Waals surface area contributed by atoms with Crippen LogP contribution in [0.25, 0.3) is 0 Å². The summed E-state index contributed by atoms with van der Waals surface area (Å²) in [4.78, 5) is 11.8. The SMILES string of the molecule is Cc1nn(CC(=O)NC2CCCCC2)cc1Cl. The molecule has 2 rings (SSSR count). The van der Waals surface area contributed by atoms with Gasteiger partial charge in [0.25, 0.3) is 0 Å². The van der Waals surface area contributed by atoms with Crippen LogP contribution >= 0.6 is 11.6 Å². The van der Waals surface area contributed by atoms with Crippen molar-refractivity contribution < 1.29 is 4.79 Å². The highest BCUT2D eigenvalue weighted by Gasteiger charge is 2.16. The molecule has 94 valence electrons. The van der Waals surface area contributed by atoms with Gasteiger partial charge in [-0.3, -0.25) is 9.48 Å². The summed E-state index contributed by atoms with van der Waals surface area (Å²) >= 11 is 5.89. The van der Waals surface area contributed by atoms with Gasteiger partial charge in [0.2, 0.25) is 5.91 Å². The Balaban J connectivity index is 1.84. The second kappa shape index (κ2) is 5.54. The third-order valence-corrected chi connectivity index (χ3v) is 3.53. The molecule has 1 amide bonds. The summed E-state index contributed by atoms with van der Waals surface area (Å²) < 4.78 is 1.59. The average molecular weight is 256 g/mol. The maximum Gasteiger partial charge on any atom is 0.241 e. The van der Waals surface area contributed by atoms with Crippen molar-refractivity contribution in [2.75, 3.05) is 0 Å². The Morgan fingerprint density at radius 2 is 2.24 bits per heavy atom. The first kappa shape index (κ1) is 12.4. The van der Waals surface area contributed by atoms with E-state index < -0.39 is 0 Å². The van der Waals surface area contributed by atoms with E-state index in [0.717, 1.165) is 18.5 Å². The molecular weight excluding hydrogens is 238 g/mol. The van der Waals surface area contributed by atoms with E-state index in [2.05, 4.69) is 10.4 Å². The normalized spacial score (nSPS) is 17.1. The summed E-state index contributed by atoms with van der Waals surface area (Å²) in [6.45, 7) is 2.09. The highest BCUT2D eigenvalue weighted by Crippen LogP contribution is 2.17. The maximum absolute atomic E-state index is 11.8. The Labute approximate surface area is 106 Å². The van der Waals surface area contributed by atoms with E-state index in [1.807, 2.05) is 6.92 Å². The van der Waals surface area contributed by atoms with Gasteiger partial charge < -0.3 is 5.32 Å². The minimum atomic E-state index is 0.0241. The average Bonchev–Trinajstić information content (AvgIpc) is 2.59. The zero-order valence-electron chi connectivity index (χ0n) is 10.1. The van der Waals surface area contributed by atoms with Gasteiger partial charge in [-0.15, -0.1) is 0 Å². The number of rotatable bonds is 3. The van der Waals surface area contributed by atoms with Crippen molar-refractivity contribution in [3.05, 3.63) is 16.9 Å². The van der Waals surface area contributed by atoms with Crippen LogP contribution in [0.5, 0.6) is 0 Å². The molecule has 0 bridgehead atoms. The van der Waals surface area contributed by atoms with Crippen molar-refractivity contribution in [1.82, 2.24) is 15.1 Å². The fraction of sp³-hybridized carbons (Fsp3) is 0.667. The molecule has 1 N–H and O–H groups in total. The third kappa shape index (κ3) is 3.46. The zero-order valence-corrected chi connectivity index (χ0v) is 10.8. The van der Waals surface area contributed by atoms with Gasteiger partial charge >= 0.3 is 0 Å². The van der Waals surface area contributed by atoms with E-state index in [1.54, 1.807) is 10.9 Å². The smallest absolute Gasteiger partial charge is 0.241 e. The maximum atomic E-state index is 11.8. The molecule has 0 aliphatic heterocycles. The zero-order chi connectivity index (χ0) is 12.3. The number of nitrogens with zero attached hydrogens (tertiary/aromatic N) is 2. The molecule has 17 heavy (non-hydrogen) atoms. The standard InChI is InChI=1S/C12H18ClN3O/c1-9-11(13)7-16(15-9)8-12(17)14-10-5-3-2-4-6-10/h7,10H,2-6,8H2,1H3,(H,14,17). The molecule has 0 saturated heterocycles. The van der Waals surface area contributed by atoms with Crippen molar-refractivity contribution >= 4 is 17.5 Å². The molecule has 0 spiro atoms. The van der Waals surface area contributed by atoms with Crippen LogP contribution in [0.3, 0.4) is 0 Å². The lowest BCUT2D eigenvalue weighted by Crippen LogP contribution is -2.38. The van der Waals surface area contributed by atoms with Crippen molar-refractivity contribution in [2.45, 2.75) is 51.6 Å². The van der Waals surface area contributed by atoms with Crippen LogP contribution in [0, 0.1) is 6.92 Å². The molecule has 4 nitrogen and oxygen atoms in total. The molecule has 1 aliphatic rings. The van der Waals surface area contributed by atoms with Crippen LogP contribution in [0.15, 0.2) is 6.20 Å². The van der Waals surface area contributed by atoms with Gasteiger partial charge in [-0.25, -0.2) is 0 Å². The Morgan fingerprint density at radius 1 is 1.53 bits per heavy atom.